The van der Waals surface area contributed by atoms with Crippen LogP contribution in [0.3, 0.4) is 0 Å². The Kier molecular flexibility index (Phi) is 3.08. The quantitative estimate of drug-likeness (QED) is 0.750. The molecule has 0 fully saturated rings. The number of benzene rings is 1. The van der Waals surface area contributed by atoms with Crippen molar-refractivity contribution in [2.45, 2.75) is 18.9 Å². The van der Waals surface area contributed by atoms with Gasteiger partial charge in [-0.2, -0.15) is 0 Å². The highest BCUT2D eigenvalue weighted by Gasteiger charge is 2.39. The van der Waals surface area contributed by atoms with Crippen LogP contribution < -0.4 is 5.32 Å². The number of hydrogen-bond donors (Lipinski definition) is 3. The second-order valence-corrected chi connectivity index (χ2v) is 5.27. The van der Waals surface area contributed by atoms with Crippen LogP contribution in [-0.4, -0.2) is 40.6 Å². The van der Waals surface area contributed by atoms with Crippen molar-refractivity contribution in [2.24, 2.45) is 0 Å². The fourth-order valence-electron chi connectivity index (χ4n) is 3.10. The monoisotopic (exact) mass is 287 g/mol. The van der Waals surface area contributed by atoms with Gasteiger partial charge in [0.1, 0.15) is 5.92 Å². The number of carbonyl (C=O) groups is 2. The highest BCUT2D eigenvalue weighted by molar-refractivity contribution is 5.92. The van der Waals surface area contributed by atoms with Gasteiger partial charge in [-0.1, -0.05) is 18.2 Å². The third-order valence-corrected chi connectivity index (χ3v) is 4.16. The molecule has 0 radical (unpaired) electrons. The zero-order chi connectivity index (χ0) is 15.1. The van der Waals surface area contributed by atoms with E-state index in [1.165, 1.54) is 0 Å². The average Bonchev–Trinajstić information content (AvgIpc) is 2.87. The smallest absolute Gasteiger partial charge is 0.317 e. The van der Waals surface area contributed by atoms with Crippen LogP contribution in [0.5, 0.6) is 0 Å². The fourth-order valence-corrected chi connectivity index (χ4v) is 3.10. The lowest BCUT2D eigenvalue weighted by atomic mass is 9.89. The summed E-state index contributed by atoms with van der Waals surface area (Å²) < 4.78 is 0. The molecule has 0 saturated carbocycles. The van der Waals surface area contributed by atoms with E-state index in [4.69, 9.17) is 0 Å². The van der Waals surface area contributed by atoms with E-state index < -0.39 is 11.9 Å². The lowest BCUT2D eigenvalue weighted by Crippen LogP contribution is -2.46. The van der Waals surface area contributed by atoms with Crippen LogP contribution in [0.15, 0.2) is 24.3 Å². The standard InChI is InChI=1S/C15H17N3O3/c1-8-13-12(9-5-3-4-6-11(9)17-13)10(14(19)20)7-18(8)15(21)16-2/h3-6,8,10,17H,7H2,1-2H3,(H,16,21)(H,19,20). The average molecular weight is 287 g/mol. The number of hydrogen-bond acceptors (Lipinski definition) is 2. The van der Waals surface area contributed by atoms with Crippen LogP contribution in [0, 0.1) is 0 Å². The Bertz CT molecular complexity index is 722. The molecule has 6 nitrogen and oxygen atoms in total. The molecule has 3 rings (SSSR count). The number of aromatic nitrogens is 1. The summed E-state index contributed by atoms with van der Waals surface area (Å²) in [5, 5.41) is 13.0. The zero-order valence-corrected chi connectivity index (χ0v) is 11.9. The molecule has 1 aliphatic heterocycles. The number of aromatic amines is 1. The van der Waals surface area contributed by atoms with E-state index >= 15 is 0 Å². The van der Waals surface area contributed by atoms with Crippen molar-refractivity contribution in [3.63, 3.8) is 0 Å². The van der Waals surface area contributed by atoms with E-state index in [0.717, 1.165) is 22.2 Å². The minimum atomic E-state index is -0.915. The molecule has 3 N–H and O–H groups in total. The van der Waals surface area contributed by atoms with Gasteiger partial charge in [0.15, 0.2) is 0 Å². The maximum absolute atomic E-state index is 12.0. The number of nitrogens with zero attached hydrogens (tertiary/aromatic N) is 1. The van der Waals surface area contributed by atoms with Crippen molar-refractivity contribution < 1.29 is 14.7 Å². The van der Waals surface area contributed by atoms with Crippen LogP contribution >= 0.6 is 0 Å². The van der Waals surface area contributed by atoms with Gasteiger partial charge in [-0.15, -0.1) is 0 Å². The minimum Gasteiger partial charge on any atom is -0.481 e. The SMILES string of the molecule is CNC(=O)N1CC(C(=O)O)c2c([nH]c3ccccc23)C1C. The number of rotatable bonds is 1. The Morgan fingerprint density at radius 3 is 2.76 bits per heavy atom. The lowest BCUT2D eigenvalue weighted by molar-refractivity contribution is -0.139. The number of carboxylic acids is 1. The summed E-state index contributed by atoms with van der Waals surface area (Å²) in [6.45, 7) is 2.08. The largest absolute Gasteiger partial charge is 0.481 e. The fraction of sp³-hybridized carbons (Fsp3) is 0.333. The Balaban J connectivity index is 2.20. The zero-order valence-electron chi connectivity index (χ0n) is 11.9. The van der Waals surface area contributed by atoms with Crippen LogP contribution in [0.25, 0.3) is 10.9 Å². The Morgan fingerprint density at radius 1 is 1.38 bits per heavy atom. The second kappa shape index (κ2) is 4.80. The molecule has 0 saturated heterocycles. The molecule has 6 heteroatoms. The predicted octanol–water partition coefficient (Wildman–Crippen LogP) is 2.05. The summed E-state index contributed by atoms with van der Waals surface area (Å²) in [5.41, 5.74) is 2.50. The normalized spacial score (nSPS) is 21.1. The highest BCUT2D eigenvalue weighted by Crippen LogP contribution is 2.40. The molecule has 2 heterocycles. The summed E-state index contributed by atoms with van der Waals surface area (Å²) in [6, 6.07) is 7.18. The lowest BCUT2D eigenvalue weighted by Gasteiger charge is -2.36. The first-order chi connectivity index (χ1) is 10.0. The van der Waals surface area contributed by atoms with Crippen LogP contribution in [0.2, 0.25) is 0 Å². The number of carboxylic acid groups (broad SMARTS) is 1. The molecular formula is C15H17N3O3. The first-order valence-corrected chi connectivity index (χ1v) is 6.86. The number of urea groups is 1. The van der Waals surface area contributed by atoms with Crippen LogP contribution in [0.4, 0.5) is 4.79 Å². The van der Waals surface area contributed by atoms with E-state index in [0.29, 0.717) is 0 Å². The van der Waals surface area contributed by atoms with E-state index in [2.05, 4.69) is 10.3 Å². The number of nitrogens with one attached hydrogen (secondary N) is 2. The molecule has 2 unspecified atom stereocenters. The van der Waals surface area contributed by atoms with Gasteiger partial charge in [0.2, 0.25) is 0 Å². The first-order valence-electron chi connectivity index (χ1n) is 6.86. The molecule has 110 valence electrons. The van der Waals surface area contributed by atoms with Crippen molar-refractivity contribution in [1.82, 2.24) is 15.2 Å². The van der Waals surface area contributed by atoms with Crippen LogP contribution in [0.1, 0.15) is 30.1 Å². The van der Waals surface area contributed by atoms with Gasteiger partial charge in [-0.05, 0) is 18.6 Å². The predicted molar refractivity (Wildman–Crippen MR) is 78.3 cm³/mol. The molecule has 1 aromatic heterocycles. The maximum atomic E-state index is 12.0. The molecule has 2 atom stereocenters. The van der Waals surface area contributed by atoms with Gasteiger partial charge in [0.25, 0.3) is 0 Å². The number of para-hydroxylation sites is 1. The van der Waals surface area contributed by atoms with Gasteiger partial charge in [0.05, 0.1) is 6.04 Å². The van der Waals surface area contributed by atoms with Crippen molar-refractivity contribution in [2.75, 3.05) is 13.6 Å². The highest BCUT2D eigenvalue weighted by atomic mass is 16.4. The summed E-state index contributed by atoms with van der Waals surface area (Å²) in [7, 11) is 1.55. The molecule has 1 aliphatic rings. The molecule has 0 aliphatic carbocycles. The van der Waals surface area contributed by atoms with E-state index in [1.54, 1.807) is 11.9 Å². The molecule has 21 heavy (non-hydrogen) atoms. The summed E-state index contributed by atoms with van der Waals surface area (Å²) in [4.78, 5) is 28.5. The topological polar surface area (TPSA) is 85.4 Å². The minimum absolute atomic E-state index is 0.172. The number of amides is 2. The van der Waals surface area contributed by atoms with Crippen molar-refractivity contribution in [1.29, 1.82) is 0 Å². The molecule has 2 aromatic rings. The second-order valence-electron chi connectivity index (χ2n) is 5.27. The van der Waals surface area contributed by atoms with Crippen molar-refractivity contribution >= 4 is 22.9 Å². The van der Waals surface area contributed by atoms with Gasteiger partial charge >= 0.3 is 12.0 Å². The molecule has 2 amide bonds. The molecule has 0 spiro atoms. The third kappa shape index (κ3) is 1.94. The van der Waals surface area contributed by atoms with Gasteiger partial charge in [-0.25, -0.2) is 4.79 Å². The van der Waals surface area contributed by atoms with Crippen molar-refractivity contribution in [3.05, 3.63) is 35.5 Å². The summed E-state index contributed by atoms with van der Waals surface area (Å²) in [6.07, 6.45) is 0. The van der Waals surface area contributed by atoms with Crippen molar-refractivity contribution in [3.8, 4) is 0 Å². The number of H-pyrrole nitrogens is 1. The van der Waals surface area contributed by atoms with E-state index in [9.17, 15) is 14.7 Å². The molecule has 0 bridgehead atoms. The van der Waals surface area contributed by atoms with Gasteiger partial charge in [-0.3, -0.25) is 4.79 Å². The number of fused-ring (bicyclic) bond motifs is 3. The molecule has 1 aromatic carbocycles. The number of carbonyl (C=O) groups excluding carboxylic acids is 1. The Hall–Kier alpha value is -2.50. The maximum Gasteiger partial charge on any atom is 0.317 e. The Labute approximate surface area is 121 Å². The third-order valence-electron chi connectivity index (χ3n) is 4.16. The van der Waals surface area contributed by atoms with E-state index in [1.807, 2.05) is 31.2 Å². The van der Waals surface area contributed by atoms with E-state index in [-0.39, 0.29) is 18.6 Å². The molecular weight excluding hydrogens is 270 g/mol. The summed E-state index contributed by atoms with van der Waals surface area (Å²) in [5.74, 6) is -1.63. The van der Waals surface area contributed by atoms with Gasteiger partial charge < -0.3 is 20.3 Å². The Morgan fingerprint density at radius 2 is 2.10 bits per heavy atom. The van der Waals surface area contributed by atoms with Crippen LogP contribution in [-0.2, 0) is 4.79 Å². The summed E-state index contributed by atoms with van der Waals surface area (Å²) >= 11 is 0. The first kappa shape index (κ1) is 13.5. The number of aliphatic carboxylic acids is 1. The van der Waals surface area contributed by atoms with Gasteiger partial charge in [0, 0.05) is 30.2 Å².